The van der Waals surface area contributed by atoms with Gasteiger partial charge < -0.3 is 20.2 Å². The third-order valence-electron chi connectivity index (χ3n) is 3.59. The molecule has 3 unspecified atom stereocenters. The normalized spacial score (nSPS) is 24.0. The van der Waals surface area contributed by atoms with Gasteiger partial charge in [-0.05, 0) is 45.2 Å². The Labute approximate surface area is 143 Å². The molecule has 21 heavy (non-hydrogen) atoms. The summed E-state index contributed by atoms with van der Waals surface area (Å²) in [5, 5.41) is 17.0. The zero-order valence-corrected chi connectivity index (χ0v) is 15.5. The maximum atomic E-state index is 10.5. The van der Waals surface area contributed by atoms with E-state index in [-0.39, 0.29) is 30.5 Å². The van der Waals surface area contributed by atoms with Crippen molar-refractivity contribution in [2.75, 3.05) is 13.1 Å². The van der Waals surface area contributed by atoms with E-state index in [2.05, 4.69) is 22.5 Å². The number of furan rings is 1. The predicted octanol–water partition coefficient (Wildman–Crippen LogP) is 2.38. The second-order valence-electron chi connectivity index (χ2n) is 5.84. The van der Waals surface area contributed by atoms with Gasteiger partial charge in [0.15, 0.2) is 5.96 Å². The molecule has 120 valence electrons. The van der Waals surface area contributed by atoms with Gasteiger partial charge in [0.05, 0.1) is 6.54 Å². The molecule has 3 atom stereocenters. The molecule has 3 N–H and O–H groups in total. The van der Waals surface area contributed by atoms with E-state index in [4.69, 9.17) is 4.42 Å². The van der Waals surface area contributed by atoms with E-state index >= 15 is 0 Å². The first-order chi connectivity index (χ1) is 9.42. The Hall–Kier alpha value is -0.760. The van der Waals surface area contributed by atoms with Crippen molar-refractivity contribution < 1.29 is 9.52 Å². The number of hydrogen-bond donors (Lipinski definition) is 3. The Bertz CT molecular complexity index is 485. The highest BCUT2D eigenvalue weighted by molar-refractivity contribution is 14.0. The minimum Gasteiger partial charge on any atom is -0.463 e. The zero-order chi connectivity index (χ0) is 14.8. The van der Waals surface area contributed by atoms with E-state index in [1.165, 1.54) is 6.42 Å². The van der Waals surface area contributed by atoms with Crippen LogP contribution >= 0.6 is 24.0 Å². The number of rotatable bonds is 5. The summed E-state index contributed by atoms with van der Waals surface area (Å²) in [6.45, 7) is 8.89. The zero-order valence-electron chi connectivity index (χ0n) is 13.1. The molecule has 0 spiro atoms. The molecule has 0 amide bonds. The molecule has 1 saturated carbocycles. The van der Waals surface area contributed by atoms with Crippen LogP contribution in [0.3, 0.4) is 0 Å². The van der Waals surface area contributed by atoms with E-state index in [0.29, 0.717) is 17.7 Å². The van der Waals surface area contributed by atoms with E-state index < -0.39 is 5.60 Å². The van der Waals surface area contributed by atoms with Crippen LogP contribution < -0.4 is 10.6 Å². The summed E-state index contributed by atoms with van der Waals surface area (Å²) in [6.07, 6.45) is 1.18. The summed E-state index contributed by atoms with van der Waals surface area (Å²) in [6, 6.07) is 4.15. The molecular weight excluding hydrogens is 381 g/mol. The number of nitrogens with zero attached hydrogens (tertiary/aromatic N) is 1. The van der Waals surface area contributed by atoms with Crippen molar-refractivity contribution in [3.63, 3.8) is 0 Å². The molecule has 2 rings (SSSR count). The standard InChI is InChI=1S/C15H25N3O2.HI/c1-5-16-14(18-12-8-10(12)2)17-9-15(4,19)13-7-6-11(3)20-13;/h6-7,10,12,19H,5,8-9H2,1-4H3,(H2,16,17,18);1H. The summed E-state index contributed by atoms with van der Waals surface area (Å²) in [7, 11) is 0. The van der Waals surface area contributed by atoms with Gasteiger partial charge in [0.25, 0.3) is 0 Å². The molecule has 0 radical (unpaired) electrons. The van der Waals surface area contributed by atoms with Crippen LogP contribution in [0, 0.1) is 12.8 Å². The van der Waals surface area contributed by atoms with Gasteiger partial charge in [-0.3, -0.25) is 0 Å². The number of aryl methyl sites for hydroxylation is 1. The van der Waals surface area contributed by atoms with Crippen molar-refractivity contribution in [3.8, 4) is 0 Å². The van der Waals surface area contributed by atoms with Crippen LogP contribution in [0.4, 0.5) is 0 Å². The third kappa shape index (κ3) is 5.18. The van der Waals surface area contributed by atoms with Crippen LogP contribution in [-0.4, -0.2) is 30.2 Å². The van der Waals surface area contributed by atoms with Crippen molar-refractivity contribution in [3.05, 3.63) is 23.7 Å². The van der Waals surface area contributed by atoms with Gasteiger partial charge in [0.2, 0.25) is 0 Å². The van der Waals surface area contributed by atoms with Crippen LogP contribution in [-0.2, 0) is 5.60 Å². The first-order valence-corrected chi connectivity index (χ1v) is 7.26. The van der Waals surface area contributed by atoms with Crippen molar-refractivity contribution in [1.29, 1.82) is 0 Å². The Morgan fingerprint density at radius 2 is 2.19 bits per heavy atom. The second-order valence-corrected chi connectivity index (χ2v) is 5.84. The number of halogens is 1. The largest absolute Gasteiger partial charge is 0.463 e. The fourth-order valence-corrected chi connectivity index (χ4v) is 2.05. The number of aliphatic hydroxyl groups is 1. The van der Waals surface area contributed by atoms with Gasteiger partial charge in [-0.25, -0.2) is 4.99 Å². The Kier molecular flexibility index (Phi) is 6.52. The highest BCUT2D eigenvalue weighted by Gasteiger charge is 2.33. The topological polar surface area (TPSA) is 69.8 Å². The lowest BCUT2D eigenvalue weighted by Crippen LogP contribution is -2.40. The summed E-state index contributed by atoms with van der Waals surface area (Å²) in [4.78, 5) is 4.47. The molecule has 1 aliphatic rings. The van der Waals surface area contributed by atoms with E-state index in [9.17, 15) is 5.11 Å². The van der Waals surface area contributed by atoms with Gasteiger partial charge in [0, 0.05) is 12.6 Å². The van der Waals surface area contributed by atoms with Crippen molar-refractivity contribution in [1.82, 2.24) is 10.6 Å². The number of aliphatic imine (C=N–C) groups is 1. The van der Waals surface area contributed by atoms with Gasteiger partial charge >= 0.3 is 0 Å². The molecular formula is C15H26IN3O2. The lowest BCUT2D eigenvalue weighted by atomic mass is 10.0. The fourth-order valence-electron chi connectivity index (χ4n) is 2.05. The highest BCUT2D eigenvalue weighted by Crippen LogP contribution is 2.29. The molecule has 1 aromatic heterocycles. The monoisotopic (exact) mass is 407 g/mol. The molecule has 1 aromatic rings. The molecule has 0 bridgehead atoms. The molecule has 1 aliphatic carbocycles. The average molecular weight is 407 g/mol. The highest BCUT2D eigenvalue weighted by atomic mass is 127. The van der Waals surface area contributed by atoms with Crippen LogP contribution in [0.1, 0.15) is 38.7 Å². The summed E-state index contributed by atoms with van der Waals surface area (Å²) in [5.41, 5.74) is -1.09. The lowest BCUT2D eigenvalue weighted by Gasteiger charge is -2.19. The average Bonchev–Trinajstić information content (AvgIpc) is 2.87. The number of nitrogens with one attached hydrogen (secondary N) is 2. The maximum Gasteiger partial charge on any atom is 0.191 e. The second kappa shape index (κ2) is 7.49. The maximum absolute atomic E-state index is 10.5. The first-order valence-electron chi connectivity index (χ1n) is 7.26. The van der Waals surface area contributed by atoms with E-state index in [1.807, 2.05) is 19.9 Å². The summed E-state index contributed by atoms with van der Waals surface area (Å²) < 4.78 is 5.49. The first kappa shape index (κ1) is 18.3. The van der Waals surface area contributed by atoms with Crippen LogP contribution in [0.2, 0.25) is 0 Å². The fraction of sp³-hybridized carbons (Fsp3) is 0.667. The molecule has 5 nitrogen and oxygen atoms in total. The van der Waals surface area contributed by atoms with Gasteiger partial charge in [0.1, 0.15) is 17.1 Å². The van der Waals surface area contributed by atoms with Crippen molar-refractivity contribution in [2.45, 2.75) is 45.8 Å². The number of guanidine groups is 1. The summed E-state index contributed by atoms with van der Waals surface area (Å²) in [5.74, 6) is 2.80. The third-order valence-corrected chi connectivity index (χ3v) is 3.59. The minimum absolute atomic E-state index is 0. The Morgan fingerprint density at radius 3 is 2.67 bits per heavy atom. The molecule has 1 heterocycles. The molecule has 6 heteroatoms. The SMILES string of the molecule is CCNC(=NCC(C)(O)c1ccc(C)o1)NC1CC1C.I. The van der Waals surface area contributed by atoms with Crippen LogP contribution in [0.5, 0.6) is 0 Å². The molecule has 0 aromatic carbocycles. The van der Waals surface area contributed by atoms with Crippen LogP contribution in [0.25, 0.3) is 0 Å². The van der Waals surface area contributed by atoms with E-state index in [1.54, 1.807) is 13.0 Å². The molecule has 1 fully saturated rings. The molecule has 0 aliphatic heterocycles. The smallest absolute Gasteiger partial charge is 0.191 e. The van der Waals surface area contributed by atoms with Crippen molar-refractivity contribution in [2.24, 2.45) is 10.9 Å². The quantitative estimate of drug-likeness (QED) is 0.398. The summed E-state index contributed by atoms with van der Waals surface area (Å²) >= 11 is 0. The molecule has 0 saturated heterocycles. The van der Waals surface area contributed by atoms with Gasteiger partial charge in [-0.1, -0.05) is 6.92 Å². The Morgan fingerprint density at radius 1 is 1.52 bits per heavy atom. The van der Waals surface area contributed by atoms with E-state index in [0.717, 1.165) is 18.3 Å². The predicted molar refractivity (Wildman–Crippen MR) is 95.1 cm³/mol. The van der Waals surface area contributed by atoms with Gasteiger partial charge in [-0.15, -0.1) is 24.0 Å². The minimum atomic E-state index is -1.09. The van der Waals surface area contributed by atoms with Gasteiger partial charge in [-0.2, -0.15) is 0 Å². The van der Waals surface area contributed by atoms with Crippen LogP contribution in [0.15, 0.2) is 21.5 Å². The van der Waals surface area contributed by atoms with Crippen molar-refractivity contribution >= 4 is 29.9 Å². The Balaban J connectivity index is 0.00000220. The lowest BCUT2D eigenvalue weighted by molar-refractivity contribution is 0.0428. The number of hydrogen-bond acceptors (Lipinski definition) is 3.